The molecule has 1 heterocycles. The van der Waals surface area contributed by atoms with Crippen LogP contribution in [0.3, 0.4) is 0 Å². The first kappa shape index (κ1) is 14.4. The highest BCUT2D eigenvalue weighted by Gasteiger charge is 2.25. The van der Waals surface area contributed by atoms with E-state index in [0.29, 0.717) is 13.0 Å². The largest absolute Gasteiger partial charge is 0.508 e. The Bertz CT molecular complexity index is 498. The van der Waals surface area contributed by atoms with Gasteiger partial charge >= 0.3 is 0 Å². The van der Waals surface area contributed by atoms with Crippen LogP contribution in [0, 0.1) is 0 Å². The number of nitrogens with zero attached hydrogens (tertiary/aromatic N) is 2. The molecule has 0 spiro atoms. The van der Waals surface area contributed by atoms with Crippen molar-refractivity contribution in [3.05, 3.63) is 29.8 Å². The second-order valence-electron chi connectivity index (χ2n) is 5.19. The molecule has 1 aliphatic heterocycles. The molecule has 0 radical (unpaired) electrons. The minimum Gasteiger partial charge on any atom is -0.508 e. The molecule has 108 valence electrons. The number of rotatable bonds is 4. The Labute approximate surface area is 118 Å². The highest BCUT2D eigenvalue weighted by molar-refractivity contribution is 5.86. The molecule has 0 saturated carbocycles. The molecular formula is C15H20N2O3. The molecule has 1 aliphatic rings. The molecule has 1 atom stereocenters. The lowest BCUT2D eigenvalue weighted by Crippen LogP contribution is -2.39. The normalized spacial score (nSPS) is 16.3. The summed E-state index contributed by atoms with van der Waals surface area (Å²) in [6.45, 7) is 2.75. The maximum absolute atomic E-state index is 12.2. The van der Waals surface area contributed by atoms with Gasteiger partial charge in [-0.2, -0.15) is 0 Å². The predicted molar refractivity (Wildman–Crippen MR) is 75.1 cm³/mol. The molecule has 2 amide bonds. The zero-order valence-electron chi connectivity index (χ0n) is 11.9. The number of amides is 2. The van der Waals surface area contributed by atoms with Gasteiger partial charge in [0.15, 0.2) is 0 Å². The van der Waals surface area contributed by atoms with Gasteiger partial charge in [0.05, 0.1) is 12.6 Å². The van der Waals surface area contributed by atoms with Gasteiger partial charge in [-0.25, -0.2) is 0 Å². The van der Waals surface area contributed by atoms with Crippen LogP contribution < -0.4 is 0 Å². The van der Waals surface area contributed by atoms with Crippen molar-refractivity contribution in [3.8, 4) is 5.75 Å². The smallest absolute Gasteiger partial charge is 0.242 e. The summed E-state index contributed by atoms with van der Waals surface area (Å²) < 4.78 is 0. The Morgan fingerprint density at radius 1 is 1.40 bits per heavy atom. The van der Waals surface area contributed by atoms with E-state index in [0.717, 1.165) is 12.0 Å². The van der Waals surface area contributed by atoms with Crippen LogP contribution in [0.4, 0.5) is 0 Å². The summed E-state index contributed by atoms with van der Waals surface area (Å²) in [5.74, 6) is 0.197. The van der Waals surface area contributed by atoms with Gasteiger partial charge in [0.25, 0.3) is 0 Å². The zero-order chi connectivity index (χ0) is 14.7. The highest BCUT2D eigenvalue weighted by atomic mass is 16.3. The van der Waals surface area contributed by atoms with Crippen molar-refractivity contribution in [1.29, 1.82) is 0 Å². The van der Waals surface area contributed by atoms with Crippen LogP contribution in [0.5, 0.6) is 5.75 Å². The Morgan fingerprint density at radius 2 is 2.05 bits per heavy atom. The van der Waals surface area contributed by atoms with Crippen LogP contribution >= 0.6 is 0 Å². The monoisotopic (exact) mass is 276 g/mol. The second kappa shape index (κ2) is 5.94. The number of likely N-dealkylation sites (N-methyl/N-ethyl adjacent to an activating group) is 1. The van der Waals surface area contributed by atoms with Crippen LogP contribution in [0.25, 0.3) is 0 Å². The van der Waals surface area contributed by atoms with E-state index in [2.05, 4.69) is 0 Å². The van der Waals surface area contributed by atoms with Gasteiger partial charge in [-0.15, -0.1) is 0 Å². The van der Waals surface area contributed by atoms with Crippen molar-refractivity contribution >= 4 is 11.8 Å². The molecule has 5 nitrogen and oxygen atoms in total. The van der Waals surface area contributed by atoms with Gasteiger partial charge in [0, 0.05) is 20.0 Å². The minimum absolute atomic E-state index is 0.0593. The number of carbonyl (C=O) groups is 2. The van der Waals surface area contributed by atoms with E-state index in [-0.39, 0.29) is 30.2 Å². The molecule has 0 bridgehead atoms. The van der Waals surface area contributed by atoms with Gasteiger partial charge in [-0.05, 0) is 31.0 Å². The summed E-state index contributed by atoms with van der Waals surface area (Å²) >= 11 is 0. The summed E-state index contributed by atoms with van der Waals surface area (Å²) in [5, 5.41) is 9.28. The SMILES string of the molecule is CC(c1ccc(O)cc1)N(C)C(=O)CN1CCCC1=O. The first-order valence-electron chi connectivity index (χ1n) is 6.81. The number of benzene rings is 1. The second-order valence-corrected chi connectivity index (χ2v) is 5.19. The number of likely N-dealkylation sites (tertiary alicyclic amines) is 1. The summed E-state index contributed by atoms with van der Waals surface area (Å²) in [5.41, 5.74) is 0.950. The first-order chi connectivity index (χ1) is 9.49. The lowest BCUT2D eigenvalue weighted by atomic mass is 10.1. The molecule has 0 aromatic heterocycles. The van der Waals surface area contributed by atoms with Crippen molar-refractivity contribution < 1.29 is 14.7 Å². The third-order valence-corrected chi connectivity index (χ3v) is 3.85. The van der Waals surface area contributed by atoms with Crippen LogP contribution in [0.15, 0.2) is 24.3 Å². The van der Waals surface area contributed by atoms with Gasteiger partial charge in [0.2, 0.25) is 11.8 Å². The fourth-order valence-electron chi connectivity index (χ4n) is 2.34. The average Bonchev–Trinajstić information content (AvgIpc) is 2.83. The van der Waals surface area contributed by atoms with Crippen LogP contribution in [0.1, 0.15) is 31.4 Å². The molecule has 5 heteroatoms. The third-order valence-electron chi connectivity index (χ3n) is 3.85. The number of phenols is 1. The topological polar surface area (TPSA) is 60.9 Å². The standard InChI is InChI=1S/C15H20N2O3/c1-11(12-5-7-13(18)8-6-12)16(2)15(20)10-17-9-3-4-14(17)19/h5-8,11,18H,3-4,9-10H2,1-2H3. The van der Waals surface area contributed by atoms with Crippen molar-refractivity contribution in [2.24, 2.45) is 0 Å². The highest BCUT2D eigenvalue weighted by Crippen LogP contribution is 2.21. The summed E-state index contributed by atoms with van der Waals surface area (Å²) in [6, 6.07) is 6.71. The molecule has 20 heavy (non-hydrogen) atoms. The molecule has 1 aromatic carbocycles. The molecule has 0 aliphatic carbocycles. The lowest BCUT2D eigenvalue weighted by Gasteiger charge is -2.27. The third kappa shape index (κ3) is 3.10. The quantitative estimate of drug-likeness (QED) is 0.907. The molecule has 2 rings (SSSR count). The van der Waals surface area contributed by atoms with Crippen molar-refractivity contribution in [3.63, 3.8) is 0 Å². The Morgan fingerprint density at radius 3 is 2.60 bits per heavy atom. The van der Waals surface area contributed by atoms with Crippen LogP contribution in [0.2, 0.25) is 0 Å². The molecule has 1 aromatic rings. The Hall–Kier alpha value is -2.04. The van der Waals surface area contributed by atoms with Gasteiger partial charge < -0.3 is 14.9 Å². The average molecular weight is 276 g/mol. The number of aromatic hydroxyl groups is 1. The maximum Gasteiger partial charge on any atom is 0.242 e. The van der Waals surface area contributed by atoms with E-state index in [9.17, 15) is 14.7 Å². The maximum atomic E-state index is 12.2. The van der Waals surface area contributed by atoms with E-state index in [1.807, 2.05) is 6.92 Å². The lowest BCUT2D eigenvalue weighted by molar-refractivity contribution is -0.138. The Kier molecular flexibility index (Phi) is 4.27. The first-order valence-corrected chi connectivity index (χ1v) is 6.81. The van der Waals surface area contributed by atoms with E-state index in [1.54, 1.807) is 41.1 Å². The summed E-state index contributed by atoms with van der Waals surface area (Å²) in [7, 11) is 1.74. The predicted octanol–water partition coefficient (Wildman–Crippen LogP) is 1.53. The van der Waals surface area contributed by atoms with E-state index >= 15 is 0 Å². The zero-order valence-corrected chi connectivity index (χ0v) is 11.9. The van der Waals surface area contributed by atoms with E-state index in [4.69, 9.17) is 0 Å². The fourth-order valence-corrected chi connectivity index (χ4v) is 2.34. The molecular weight excluding hydrogens is 256 g/mol. The Balaban J connectivity index is 1.98. The van der Waals surface area contributed by atoms with Crippen molar-refractivity contribution in [2.75, 3.05) is 20.1 Å². The molecule has 1 fully saturated rings. The van der Waals surface area contributed by atoms with Crippen LogP contribution in [-0.2, 0) is 9.59 Å². The van der Waals surface area contributed by atoms with Crippen LogP contribution in [-0.4, -0.2) is 46.9 Å². The molecule has 1 N–H and O–H groups in total. The minimum atomic E-state index is -0.0965. The number of phenolic OH excluding ortho intramolecular Hbond substituents is 1. The number of carbonyl (C=O) groups excluding carboxylic acids is 2. The van der Waals surface area contributed by atoms with Crippen molar-refractivity contribution in [1.82, 2.24) is 9.80 Å². The summed E-state index contributed by atoms with van der Waals surface area (Å²) in [6.07, 6.45) is 1.38. The molecule has 1 saturated heterocycles. The van der Waals surface area contributed by atoms with Gasteiger partial charge in [-0.1, -0.05) is 12.1 Å². The van der Waals surface area contributed by atoms with E-state index < -0.39 is 0 Å². The van der Waals surface area contributed by atoms with E-state index in [1.165, 1.54) is 0 Å². The summed E-state index contributed by atoms with van der Waals surface area (Å²) in [4.78, 5) is 27.0. The fraction of sp³-hybridized carbons (Fsp3) is 0.467. The number of hydrogen-bond donors (Lipinski definition) is 1. The molecule has 1 unspecified atom stereocenters. The number of hydrogen-bond acceptors (Lipinski definition) is 3. The van der Waals surface area contributed by atoms with Crippen molar-refractivity contribution in [2.45, 2.75) is 25.8 Å². The van der Waals surface area contributed by atoms with Gasteiger partial charge in [-0.3, -0.25) is 9.59 Å². The van der Waals surface area contributed by atoms with Gasteiger partial charge in [0.1, 0.15) is 5.75 Å².